The van der Waals surface area contributed by atoms with Gasteiger partial charge in [-0.25, -0.2) is 4.90 Å². The van der Waals surface area contributed by atoms with Gasteiger partial charge in [-0.1, -0.05) is 72.8 Å². The molecule has 210 valence electrons. The summed E-state index contributed by atoms with van der Waals surface area (Å²) in [5.41, 5.74) is 2.08. The van der Waals surface area contributed by atoms with E-state index >= 15 is 0 Å². The molecule has 0 unspecified atom stereocenters. The average molecular weight is 559 g/mol. The van der Waals surface area contributed by atoms with Gasteiger partial charge in [-0.2, -0.15) is 0 Å². The van der Waals surface area contributed by atoms with E-state index in [0.717, 1.165) is 11.1 Å². The van der Waals surface area contributed by atoms with Gasteiger partial charge in [0.15, 0.2) is 0 Å². The summed E-state index contributed by atoms with van der Waals surface area (Å²) in [6.45, 7) is 5.59. The minimum absolute atomic E-state index is 0.0299. The molecule has 1 N–H and O–H groups in total. The number of phenolic OH excluding ortho intramolecular Hbond substituents is 1. The summed E-state index contributed by atoms with van der Waals surface area (Å²) in [5, 5.41) is 11.1. The lowest BCUT2D eigenvalue weighted by molar-refractivity contribution is -0.131. The van der Waals surface area contributed by atoms with Gasteiger partial charge in [-0.15, -0.1) is 0 Å². The molecule has 0 radical (unpaired) electrons. The zero-order valence-corrected chi connectivity index (χ0v) is 23.1. The Kier molecular flexibility index (Phi) is 5.84. The van der Waals surface area contributed by atoms with E-state index in [1.807, 2.05) is 31.2 Å². The Bertz CT molecular complexity index is 1690. The van der Waals surface area contributed by atoms with Gasteiger partial charge in [0.2, 0.25) is 23.6 Å². The Hall–Kier alpha value is -4.78. The second kappa shape index (κ2) is 9.38. The molecule has 3 aromatic rings. The minimum Gasteiger partial charge on any atom is -0.508 e. The number of benzene rings is 3. The molecule has 0 spiro atoms. The minimum atomic E-state index is -1.19. The first-order chi connectivity index (χ1) is 20.3. The number of anilines is 2. The molecule has 4 aliphatic rings. The van der Waals surface area contributed by atoms with Gasteiger partial charge in [0.25, 0.3) is 0 Å². The van der Waals surface area contributed by atoms with Gasteiger partial charge in [0.1, 0.15) is 5.75 Å². The van der Waals surface area contributed by atoms with Crippen molar-refractivity contribution < 1.29 is 24.3 Å². The number of aromatic hydroxyl groups is 1. The molecule has 0 aromatic heterocycles. The van der Waals surface area contributed by atoms with E-state index in [2.05, 4.69) is 6.58 Å². The molecular weight excluding hydrogens is 528 g/mol. The highest BCUT2D eigenvalue weighted by Gasteiger charge is 2.67. The molecule has 3 aromatic carbocycles. The van der Waals surface area contributed by atoms with Crippen LogP contribution in [0.15, 0.2) is 97.1 Å². The van der Waals surface area contributed by atoms with Gasteiger partial charge in [-0.05, 0) is 61.6 Å². The van der Waals surface area contributed by atoms with Gasteiger partial charge in [-0.3, -0.25) is 24.1 Å². The van der Waals surface area contributed by atoms with Crippen LogP contribution in [0.25, 0.3) is 6.08 Å². The van der Waals surface area contributed by atoms with Crippen molar-refractivity contribution in [1.29, 1.82) is 0 Å². The van der Waals surface area contributed by atoms with Crippen LogP contribution in [0, 0.1) is 29.1 Å². The second-order valence-corrected chi connectivity index (χ2v) is 11.9. The van der Waals surface area contributed by atoms with E-state index < -0.39 is 35.0 Å². The predicted octanol–water partition coefficient (Wildman–Crippen LogP) is 5.47. The Morgan fingerprint density at radius 3 is 2.17 bits per heavy atom. The number of hydrogen-bond acceptors (Lipinski definition) is 5. The fourth-order valence-corrected chi connectivity index (χ4v) is 7.93. The van der Waals surface area contributed by atoms with Crippen molar-refractivity contribution in [3.8, 4) is 5.75 Å². The Labute approximate surface area is 243 Å². The summed E-state index contributed by atoms with van der Waals surface area (Å²) in [7, 11) is 0. The molecule has 4 amide bonds. The zero-order valence-electron chi connectivity index (χ0n) is 23.1. The fraction of sp³-hybridized carbons (Fsp3) is 0.257. The summed E-state index contributed by atoms with van der Waals surface area (Å²) < 4.78 is 0. The monoisotopic (exact) mass is 558 g/mol. The predicted molar refractivity (Wildman–Crippen MR) is 158 cm³/mol. The van der Waals surface area contributed by atoms with Crippen LogP contribution < -0.4 is 9.80 Å². The zero-order chi connectivity index (χ0) is 29.3. The standard InChI is InChI=1S/C35H30N2O5/c1-3-20-13-15-22(16-14-20)36-31(39)25-18-17-23-26(29(25)33(36)41)19-27-32(40)37(21-9-5-4-6-10-21)34(42)35(27,2)30(23)24-11-7-8-12-28(24)38/h3-17,25-27,29-30,38H,1,18-19H2,2H3/t25-,26+,27-,29-,30+,35+/m0/s1. The van der Waals surface area contributed by atoms with E-state index in [1.54, 1.807) is 66.7 Å². The smallest absolute Gasteiger partial charge is 0.241 e. The molecule has 1 saturated carbocycles. The topological polar surface area (TPSA) is 95.0 Å². The quantitative estimate of drug-likeness (QED) is 0.339. The normalized spacial score (nSPS) is 30.1. The number of carbonyl (C=O) groups excluding carboxylic acids is 4. The lowest BCUT2D eigenvalue weighted by Crippen LogP contribution is -2.48. The lowest BCUT2D eigenvalue weighted by atomic mass is 9.51. The molecule has 0 bridgehead atoms. The van der Waals surface area contributed by atoms with Gasteiger partial charge >= 0.3 is 0 Å². The van der Waals surface area contributed by atoms with Crippen molar-refractivity contribution >= 4 is 41.1 Å². The highest BCUT2D eigenvalue weighted by Crippen LogP contribution is 2.64. The highest BCUT2D eigenvalue weighted by molar-refractivity contribution is 6.25. The number of allylic oxidation sites excluding steroid dienone is 2. The van der Waals surface area contributed by atoms with Crippen LogP contribution in [0.4, 0.5) is 11.4 Å². The third kappa shape index (κ3) is 3.46. The first-order valence-electron chi connectivity index (χ1n) is 14.3. The summed E-state index contributed by atoms with van der Waals surface area (Å²) in [6, 6.07) is 22.9. The Morgan fingerprint density at radius 2 is 1.48 bits per heavy atom. The van der Waals surface area contributed by atoms with Crippen LogP contribution in [0.1, 0.15) is 36.8 Å². The first-order valence-corrected chi connectivity index (χ1v) is 14.3. The van der Waals surface area contributed by atoms with Crippen molar-refractivity contribution in [2.75, 3.05) is 9.80 Å². The van der Waals surface area contributed by atoms with Crippen molar-refractivity contribution in [2.24, 2.45) is 29.1 Å². The lowest BCUT2D eigenvalue weighted by Gasteiger charge is -2.49. The summed E-state index contributed by atoms with van der Waals surface area (Å²) in [5.74, 6) is -4.19. The van der Waals surface area contributed by atoms with Crippen LogP contribution in [0.3, 0.4) is 0 Å². The van der Waals surface area contributed by atoms with Crippen LogP contribution in [0.5, 0.6) is 5.75 Å². The maximum absolute atomic E-state index is 14.3. The molecule has 2 saturated heterocycles. The van der Waals surface area contributed by atoms with Gasteiger partial charge in [0, 0.05) is 11.5 Å². The fourth-order valence-electron chi connectivity index (χ4n) is 7.93. The number of phenols is 1. The maximum Gasteiger partial charge on any atom is 0.241 e. The van der Waals surface area contributed by atoms with Crippen LogP contribution in [-0.4, -0.2) is 28.7 Å². The number of nitrogens with zero attached hydrogens (tertiary/aromatic N) is 2. The molecule has 2 aliphatic heterocycles. The second-order valence-electron chi connectivity index (χ2n) is 11.9. The molecule has 2 aliphatic carbocycles. The molecule has 7 rings (SSSR count). The average Bonchev–Trinajstić information content (AvgIpc) is 3.37. The van der Waals surface area contributed by atoms with Gasteiger partial charge < -0.3 is 5.11 Å². The largest absolute Gasteiger partial charge is 0.508 e. The van der Waals surface area contributed by atoms with E-state index in [9.17, 15) is 24.3 Å². The molecular formula is C35H30N2O5. The Morgan fingerprint density at radius 1 is 0.810 bits per heavy atom. The SMILES string of the molecule is C=Cc1ccc(N2C(=O)[C@H]3[C@H](CC=C4[C@H]3C[C@H]3C(=O)N(c5ccccc5)C(=O)[C@@]3(C)[C@H]4c3ccccc3O)C2=O)cc1. The van der Waals surface area contributed by atoms with Crippen LogP contribution >= 0.6 is 0 Å². The number of amides is 4. The van der Waals surface area contributed by atoms with Crippen LogP contribution in [-0.2, 0) is 19.2 Å². The molecule has 6 atom stereocenters. The van der Waals surface area contributed by atoms with E-state index in [-0.39, 0.29) is 35.8 Å². The van der Waals surface area contributed by atoms with Crippen molar-refractivity contribution in [1.82, 2.24) is 0 Å². The summed E-state index contributed by atoms with van der Waals surface area (Å²) >= 11 is 0. The molecule has 42 heavy (non-hydrogen) atoms. The number of rotatable bonds is 4. The van der Waals surface area contributed by atoms with Crippen LogP contribution in [0.2, 0.25) is 0 Å². The molecule has 7 nitrogen and oxygen atoms in total. The number of fused-ring (bicyclic) bond motifs is 4. The first kappa shape index (κ1) is 26.1. The van der Waals surface area contributed by atoms with Crippen molar-refractivity contribution in [2.45, 2.75) is 25.7 Å². The van der Waals surface area contributed by atoms with E-state index in [4.69, 9.17) is 0 Å². The number of carbonyl (C=O) groups is 4. The third-order valence-electron chi connectivity index (χ3n) is 9.92. The summed E-state index contributed by atoms with van der Waals surface area (Å²) in [4.78, 5) is 58.8. The number of hydrogen-bond donors (Lipinski definition) is 1. The van der Waals surface area contributed by atoms with Crippen molar-refractivity contribution in [3.05, 3.63) is 108 Å². The van der Waals surface area contributed by atoms with Crippen molar-refractivity contribution in [3.63, 3.8) is 0 Å². The highest BCUT2D eigenvalue weighted by atomic mass is 16.3. The molecule has 3 fully saturated rings. The molecule has 2 heterocycles. The third-order valence-corrected chi connectivity index (χ3v) is 9.92. The number of para-hydroxylation sites is 2. The Balaban J connectivity index is 1.36. The van der Waals surface area contributed by atoms with E-state index in [0.29, 0.717) is 23.4 Å². The molecule has 7 heteroatoms. The van der Waals surface area contributed by atoms with E-state index in [1.165, 1.54) is 9.80 Å². The summed E-state index contributed by atoms with van der Waals surface area (Å²) in [6.07, 6.45) is 4.30. The number of imide groups is 2. The maximum atomic E-state index is 14.3. The van der Waals surface area contributed by atoms with Gasteiger partial charge in [0.05, 0.1) is 34.5 Å².